The lowest BCUT2D eigenvalue weighted by atomic mass is 10.2. The molecule has 0 aromatic heterocycles. The van der Waals surface area contributed by atoms with Crippen molar-refractivity contribution in [3.63, 3.8) is 0 Å². The zero-order chi connectivity index (χ0) is 9.72. The Bertz CT molecular complexity index is 208. The maximum absolute atomic E-state index is 11.1. The van der Waals surface area contributed by atoms with Crippen LogP contribution in [0.5, 0.6) is 0 Å². The minimum absolute atomic E-state index is 0.0481. The van der Waals surface area contributed by atoms with Crippen molar-refractivity contribution in [1.29, 1.82) is 0 Å². The predicted octanol–water partition coefficient (Wildman–Crippen LogP) is 0.194. The van der Waals surface area contributed by atoms with Gasteiger partial charge in [0.1, 0.15) is 0 Å². The average molecular weight is 171 g/mol. The minimum atomic E-state index is -0.449. The van der Waals surface area contributed by atoms with Crippen LogP contribution in [0.1, 0.15) is 6.42 Å². The molecule has 0 saturated heterocycles. The van der Waals surface area contributed by atoms with E-state index in [-0.39, 0.29) is 17.9 Å². The summed E-state index contributed by atoms with van der Waals surface area (Å²) in [6.45, 7) is 3.47. The summed E-state index contributed by atoms with van der Waals surface area (Å²) < 4.78 is 4.38. The van der Waals surface area contributed by atoms with Crippen molar-refractivity contribution in [3.05, 3.63) is 12.2 Å². The van der Waals surface area contributed by atoms with Gasteiger partial charge in [-0.2, -0.15) is 0 Å². The van der Waals surface area contributed by atoms with Gasteiger partial charge in [-0.15, -0.1) is 0 Å². The van der Waals surface area contributed by atoms with Crippen LogP contribution in [-0.4, -0.2) is 38.0 Å². The lowest BCUT2D eigenvalue weighted by Crippen LogP contribution is -2.24. The molecule has 0 rings (SSSR count). The SMILES string of the molecule is C=C(CC(=O)OC)C(=O)N(C)C. The molecule has 0 saturated carbocycles. The van der Waals surface area contributed by atoms with Gasteiger partial charge in [0.25, 0.3) is 0 Å². The maximum atomic E-state index is 11.1. The van der Waals surface area contributed by atoms with Crippen molar-refractivity contribution in [2.75, 3.05) is 21.2 Å². The first kappa shape index (κ1) is 10.7. The van der Waals surface area contributed by atoms with E-state index < -0.39 is 5.97 Å². The molecule has 0 aromatic rings. The van der Waals surface area contributed by atoms with Crippen LogP contribution in [0.4, 0.5) is 0 Å². The molecule has 68 valence electrons. The Kier molecular flexibility index (Phi) is 4.04. The largest absolute Gasteiger partial charge is 0.469 e. The van der Waals surface area contributed by atoms with Gasteiger partial charge in [0.2, 0.25) is 5.91 Å². The summed E-state index contributed by atoms with van der Waals surface area (Å²) in [5, 5.41) is 0. The molecule has 0 aromatic carbocycles. The van der Waals surface area contributed by atoms with Gasteiger partial charge in [-0.05, 0) is 0 Å². The lowest BCUT2D eigenvalue weighted by Gasteiger charge is -2.10. The topological polar surface area (TPSA) is 46.6 Å². The fourth-order valence-electron chi connectivity index (χ4n) is 0.638. The van der Waals surface area contributed by atoms with Gasteiger partial charge in [-0.3, -0.25) is 9.59 Å². The number of esters is 1. The molecule has 0 aliphatic carbocycles. The fraction of sp³-hybridized carbons (Fsp3) is 0.500. The van der Waals surface area contributed by atoms with Crippen molar-refractivity contribution in [1.82, 2.24) is 4.90 Å². The van der Waals surface area contributed by atoms with E-state index in [0.717, 1.165) is 0 Å². The van der Waals surface area contributed by atoms with Crippen molar-refractivity contribution < 1.29 is 14.3 Å². The molecule has 4 heteroatoms. The molecular weight excluding hydrogens is 158 g/mol. The third kappa shape index (κ3) is 3.18. The number of nitrogens with zero attached hydrogens (tertiary/aromatic N) is 1. The number of likely N-dealkylation sites (N-methyl/N-ethyl adjacent to an activating group) is 1. The van der Waals surface area contributed by atoms with Crippen LogP contribution in [0.2, 0.25) is 0 Å². The molecule has 0 aliphatic heterocycles. The number of carbonyl (C=O) groups is 2. The number of rotatable bonds is 3. The number of amides is 1. The molecule has 1 amide bonds. The Morgan fingerprint density at radius 3 is 2.25 bits per heavy atom. The molecular formula is C8H13NO3. The van der Waals surface area contributed by atoms with Crippen molar-refractivity contribution >= 4 is 11.9 Å². The van der Waals surface area contributed by atoms with E-state index in [9.17, 15) is 9.59 Å². The highest BCUT2D eigenvalue weighted by atomic mass is 16.5. The maximum Gasteiger partial charge on any atom is 0.310 e. The van der Waals surface area contributed by atoms with Crippen LogP contribution in [0, 0.1) is 0 Å². The summed E-state index contributed by atoms with van der Waals surface area (Å²) in [6, 6.07) is 0. The van der Waals surface area contributed by atoms with E-state index in [2.05, 4.69) is 11.3 Å². The second-order valence-corrected chi connectivity index (χ2v) is 2.56. The highest BCUT2D eigenvalue weighted by Crippen LogP contribution is 2.02. The van der Waals surface area contributed by atoms with Crippen LogP contribution in [0.25, 0.3) is 0 Å². The van der Waals surface area contributed by atoms with Gasteiger partial charge >= 0.3 is 5.97 Å². The zero-order valence-electron chi connectivity index (χ0n) is 7.59. The molecule has 0 unspecified atom stereocenters. The summed E-state index contributed by atoms with van der Waals surface area (Å²) in [4.78, 5) is 23.2. The van der Waals surface area contributed by atoms with Gasteiger partial charge in [-0.25, -0.2) is 0 Å². The summed E-state index contributed by atoms with van der Waals surface area (Å²) in [5.41, 5.74) is 0.242. The first-order chi connectivity index (χ1) is 5.49. The van der Waals surface area contributed by atoms with E-state index in [4.69, 9.17) is 0 Å². The molecule has 12 heavy (non-hydrogen) atoms. The number of methoxy groups -OCH3 is 1. The molecule has 0 bridgehead atoms. The molecule has 0 atom stereocenters. The molecule has 0 aliphatic rings. The van der Waals surface area contributed by atoms with Gasteiger partial charge in [0.05, 0.1) is 13.5 Å². The number of carbonyl (C=O) groups excluding carboxylic acids is 2. The normalized spacial score (nSPS) is 8.92. The molecule has 0 fully saturated rings. The highest BCUT2D eigenvalue weighted by Gasteiger charge is 2.12. The van der Waals surface area contributed by atoms with E-state index in [0.29, 0.717) is 0 Å². The average Bonchev–Trinajstić information content (AvgIpc) is 2.02. The smallest absolute Gasteiger partial charge is 0.310 e. The Morgan fingerprint density at radius 1 is 1.42 bits per heavy atom. The van der Waals surface area contributed by atoms with Crippen LogP contribution in [-0.2, 0) is 14.3 Å². The summed E-state index contributed by atoms with van der Waals surface area (Å²) in [7, 11) is 4.48. The highest BCUT2D eigenvalue weighted by molar-refractivity contribution is 5.96. The first-order valence-corrected chi connectivity index (χ1v) is 3.45. The van der Waals surface area contributed by atoms with Gasteiger partial charge in [-0.1, -0.05) is 6.58 Å². The standard InChI is InChI=1S/C8H13NO3/c1-6(5-7(10)12-4)8(11)9(2)3/h1,5H2,2-4H3. The molecule has 0 spiro atoms. The Morgan fingerprint density at radius 2 is 1.92 bits per heavy atom. The van der Waals surface area contributed by atoms with Crippen LogP contribution < -0.4 is 0 Å². The van der Waals surface area contributed by atoms with E-state index in [1.54, 1.807) is 14.1 Å². The monoisotopic (exact) mass is 171 g/mol. The van der Waals surface area contributed by atoms with Crippen molar-refractivity contribution in [3.8, 4) is 0 Å². The van der Waals surface area contributed by atoms with Gasteiger partial charge in [0.15, 0.2) is 0 Å². The van der Waals surface area contributed by atoms with Gasteiger partial charge < -0.3 is 9.64 Å². The summed E-state index contributed by atoms with van der Waals surface area (Å²) >= 11 is 0. The van der Waals surface area contributed by atoms with Crippen LogP contribution >= 0.6 is 0 Å². The van der Waals surface area contributed by atoms with Crippen molar-refractivity contribution in [2.45, 2.75) is 6.42 Å². The first-order valence-electron chi connectivity index (χ1n) is 3.45. The molecule has 0 N–H and O–H groups in total. The van der Waals surface area contributed by atoms with Crippen molar-refractivity contribution in [2.24, 2.45) is 0 Å². The molecule has 0 heterocycles. The minimum Gasteiger partial charge on any atom is -0.469 e. The molecule has 4 nitrogen and oxygen atoms in total. The third-order valence-electron chi connectivity index (χ3n) is 1.29. The van der Waals surface area contributed by atoms with Crippen LogP contribution in [0.15, 0.2) is 12.2 Å². The Balaban J connectivity index is 4.05. The van der Waals surface area contributed by atoms with Crippen LogP contribution in [0.3, 0.4) is 0 Å². The van der Waals surface area contributed by atoms with E-state index >= 15 is 0 Å². The fourth-order valence-corrected chi connectivity index (χ4v) is 0.638. The summed E-state index contributed by atoms with van der Waals surface area (Å²) in [5.74, 6) is -0.699. The summed E-state index contributed by atoms with van der Waals surface area (Å²) in [6.07, 6.45) is -0.0481. The Labute approximate surface area is 71.8 Å². The number of ether oxygens (including phenoxy) is 1. The number of hydrogen-bond acceptors (Lipinski definition) is 3. The van der Waals surface area contributed by atoms with Gasteiger partial charge in [0, 0.05) is 19.7 Å². The predicted molar refractivity (Wildman–Crippen MR) is 44.5 cm³/mol. The lowest BCUT2D eigenvalue weighted by molar-refractivity contribution is -0.141. The Hall–Kier alpha value is -1.32. The van der Waals surface area contributed by atoms with E-state index in [1.807, 2.05) is 0 Å². The molecule has 0 radical (unpaired) electrons. The quantitative estimate of drug-likeness (QED) is 0.450. The second-order valence-electron chi connectivity index (χ2n) is 2.56. The number of hydrogen-bond donors (Lipinski definition) is 0. The zero-order valence-corrected chi connectivity index (χ0v) is 7.59. The van der Waals surface area contributed by atoms with E-state index in [1.165, 1.54) is 12.0 Å². The third-order valence-corrected chi connectivity index (χ3v) is 1.29. The second kappa shape index (κ2) is 4.54.